The van der Waals surface area contributed by atoms with E-state index in [0.717, 1.165) is 22.8 Å². The molecule has 0 amide bonds. The molecule has 176 valence electrons. The van der Waals surface area contributed by atoms with Crippen molar-refractivity contribution in [1.29, 1.82) is 5.26 Å². The Morgan fingerprint density at radius 2 is 1.74 bits per heavy atom. The van der Waals surface area contributed by atoms with Crippen LogP contribution in [-0.4, -0.2) is 17.8 Å². The number of rotatable bonds is 5. The summed E-state index contributed by atoms with van der Waals surface area (Å²) in [6.07, 6.45) is 2.56. The lowest BCUT2D eigenvalue weighted by Gasteiger charge is -2.14. The van der Waals surface area contributed by atoms with Crippen LogP contribution in [0.5, 0.6) is 11.6 Å². The van der Waals surface area contributed by atoms with Gasteiger partial charge in [-0.2, -0.15) is 10.2 Å². The predicted molar refractivity (Wildman–Crippen MR) is 137 cm³/mol. The smallest absolute Gasteiger partial charge is 0.269 e. The molecule has 0 spiro atoms. The van der Waals surface area contributed by atoms with Crippen LogP contribution in [0.15, 0.2) is 79.9 Å². The lowest BCUT2D eigenvalue weighted by Crippen LogP contribution is -2.20. The van der Waals surface area contributed by atoms with Crippen molar-refractivity contribution in [3.05, 3.63) is 103 Å². The number of hydrogen-bond acceptors (Lipinski definition) is 6. The summed E-state index contributed by atoms with van der Waals surface area (Å²) in [7, 11) is -4.20. The Kier molecular flexibility index (Phi) is 6.61. The van der Waals surface area contributed by atoms with Crippen molar-refractivity contribution in [2.75, 3.05) is 0 Å². The lowest BCUT2D eigenvalue weighted by atomic mass is 10.1. The van der Waals surface area contributed by atoms with Crippen LogP contribution in [0.4, 0.5) is 0 Å². The largest absolute Gasteiger partial charge is 0.438 e. The summed E-state index contributed by atoms with van der Waals surface area (Å²) in [5, 5.41) is 9.77. The average Bonchev–Trinajstić information content (AvgIpc) is 2.82. The maximum absolute atomic E-state index is 13.5. The molecule has 0 unspecified atom stereocenters. The molecule has 4 aromatic rings. The molecule has 0 aliphatic carbocycles. The van der Waals surface area contributed by atoms with E-state index in [-0.39, 0.29) is 16.3 Å². The van der Waals surface area contributed by atoms with Gasteiger partial charge in [0.25, 0.3) is 5.56 Å². The second kappa shape index (κ2) is 9.49. The molecule has 2 aromatic heterocycles. The molecule has 2 aromatic carbocycles. The van der Waals surface area contributed by atoms with Crippen LogP contribution in [-0.2, 0) is 9.84 Å². The fraction of sp³-hybridized carbons (Fsp3) is 0.115. The zero-order valence-corrected chi connectivity index (χ0v) is 21.5. The molecule has 0 aliphatic rings. The minimum Gasteiger partial charge on any atom is -0.438 e. The fourth-order valence-electron chi connectivity index (χ4n) is 3.47. The van der Waals surface area contributed by atoms with Crippen LogP contribution in [0.25, 0.3) is 11.7 Å². The molecule has 0 saturated carbocycles. The topological polar surface area (TPSA) is 102 Å². The number of aromatic nitrogens is 2. The van der Waals surface area contributed by atoms with Gasteiger partial charge < -0.3 is 4.74 Å². The normalized spacial score (nSPS) is 11.9. The number of allylic oxidation sites excluding steroid dienone is 1. The number of sulfone groups is 1. The van der Waals surface area contributed by atoms with Crippen LogP contribution in [0.3, 0.4) is 0 Å². The van der Waals surface area contributed by atoms with Gasteiger partial charge in [-0.15, -0.1) is 0 Å². The molecule has 7 nitrogen and oxygen atoms in total. The zero-order chi connectivity index (χ0) is 25.3. The van der Waals surface area contributed by atoms with E-state index < -0.39 is 20.3 Å². The van der Waals surface area contributed by atoms with E-state index in [2.05, 4.69) is 20.9 Å². The first-order valence-electron chi connectivity index (χ1n) is 10.5. The monoisotopic (exact) mass is 549 g/mol. The summed E-state index contributed by atoms with van der Waals surface area (Å²) < 4.78 is 34.5. The number of hydrogen-bond donors (Lipinski definition) is 0. The van der Waals surface area contributed by atoms with Gasteiger partial charge in [0, 0.05) is 10.7 Å². The molecule has 0 N–H and O–H groups in total. The molecule has 35 heavy (non-hydrogen) atoms. The van der Waals surface area contributed by atoms with Gasteiger partial charge in [-0.1, -0.05) is 34.1 Å². The van der Waals surface area contributed by atoms with Crippen molar-refractivity contribution in [2.24, 2.45) is 0 Å². The minimum atomic E-state index is -4.20. The van der Waals surface area contributed by atoms with Gasteiger partial charge in [-0.3, -0.25) is 9.20 Å². The molecular formula is C26H20BrN3O4S. The molecular weight excluding hydrogens is 530 g/mol. The predicted octanol–water partition coefficient (Wildman–Crippen LogP) is 5.51. The molecule has 2 heterocycles. The first-order chi connectivity index (χ1) is 16.6. The van der Waals surface area contributed by atoms with E-state index in [1.165, 1.54) is 22.7 Å². The van der Waals surface area contributed by atoms with Crippen LogP contribution in [0.1, 0.15) is 22.3 Å². The average molecular weight is 550 g/mol. The summed E-state index contributed by atoms with van der Waals surface area (Å²) in [5.41, 5.74) is 2.21. The Hall–Kier alpha value is -3.74. The molecule has 0 bridgehead atoms. The van der Waals surface area contributed by atoms with Crippen molar-refractivity contribution >= 4 is 37.5 Å². The molecule has 0 atom stereocenters. The van der Waals surface area contributed by atoms with E-state index in [0.29, 0.717) is 15.9 Å². The minimum absolute atomic E-state index is 0.0739. The summed E-state index contributed by atoms with van der Waals surface area (Å²) in [4.78, 5) is 17.4. The van der Waals surface area contributed by atoms with E-state index in [9.17, 15) is 18.5 Å². The number of nitriles is 1. The van der Waals surface area contributed by atoms with Gasteiger partial charge in [0.1, 0.15) is 27.9 Å². The highest BCUT2D eigenvalue weighted by atomic mass is 79.9. The van der Waals surface area contributed by atoms with Crippen LogP contribution < -0.4 is 10.3 Å². The summed E-state index contributed by atoms with van der Waals surface area (Å²) in [5.74, 6) is 0.385. The van der Waals surface area contributed by atoms with E-state index in [1.54, 1.807) is 43.3 Å². The molecule has 0 fully saturated rings. The third-order valence-corrected chi connectivity index (χ3v) is 7.82. The Morgan fingerprint density at radius 3 is 2.43 bits per heavy atom. The van der Waals surface area contributed by atoms with E-state index in [1.807, 2.05) is 26.0 Å². The SMILES string of the molecule is Cc1cccc(Oc2nc3c(C)cccn3c(=O)c2/C=C(/C#N)S(=O)(=O)c2ccc(Br)cc2)c1C. The van der Waals surface area contributed by atoms with Gasteiger partial charge in [0.2, 0.25) is 15.7 Å². The van der Waals surface area contributed by atoms with Gasteiger partial charge in [-0.05, 0) is 79.9 Å². The van der Waals surface area contributed by atoms with Gasteiger partial charge in [-0.25, -0.2) is 8.42 Å². The molecule has 0 saturated heterocycles. The molecule has 4 rings (SSSR count). The number of benzene rings is 2. The van der Waals surface area contributed by atoms with Gasteiger partial charge in [0.15, 0.2) is 0 Å². The number of pyridine rings is 1. The van der Waals surface area contributed by atoms with Gasteiger partial charge >= 0.3 is 0 Å². The van der Waals surface area contributed by atoms with Crippen LogP contribution >= 0.6 is 15.9 Å². The highest BCUT2D eigenvalue weighted by molar-refractivity contribution is 9.10. The highest BCUT2D eigenvalue weighted by Gasteiger charge is 2.24. The fourth-order valence-corrected chi connectivity index (χ4v) is 4.88. The van der Waals surface area contributed by atoms with Crippen molar-refractivity contribution < 1.29 is 13.2 Å². The highest BCUT2D eigenvalue weighted by Crippen LogP contribution is 2.30. The maximum Gasteiger partial charge on any atom is 0.269 e. The lowest BCUT2D eigenvalue weighted by molar-refractivity contribution is 0.457. The van der Waals surface area contributed by atoms with Gasteiger partial charge in [0.05, 0.1) is 4.90 Å². The van der Waals surface area contributed by atoms with Crippen molar-refractivity contribution in [1.82, 2.24) is 9.38 Å². The maximum atomic E-state index is 13.5. The quantitative estimate of drug-likeness (QED) is 0.304. The second-order valence-corrected chi connectivity index (χ2v) is 10.7. The van der Waals surface area contributed by atoms with E-state index >= 15 is 0 Å². The number of nitrogens with zero attached hydrogens (tertiary/aromatic N) is 3. The molecule has 0 aliphatic heterocycles. The summed E-state index contributed by atoms with van der Waals surface area (Å²) in [6.45, 7) is 5.60. The summed E-state index contributed by atoms with van der Waals surface area (Å²) >= 11 is 3.27. The second-order valence-electron chi connectivity index (χ2n) is 7.90. The van der Waals surface area contributed by atoms with Crippen molar-refractivity contribution in [3.8, 4) is 17.7 Å². The van der Waals surface area contributed by atoms with E-state index in [4.69, 9.17) is 4.74 Å². The van der Waals surface area contributed by atoms with Crippen LogP contribution in [0, 0.1) is 32.1 Å². The zero-order valence-electron chi connectivity index (χ0n) is 19.1. The number of ether oxygens (including phenoxy) is 1. The number of fused-ring (bicyclic) bond motifs is 1. The van der Waals surface area contributed by atoms with Crippen molar-refractivity contribution in [3.63, 3.8) is 0 Å². The standard InChI is InChI=1S/C26H20BrN3O4S/c1-16-6-4-8-23(18(16)3)34-25-22(26(31)30-13-5-7-17(2)24(30)29-25)14-21(15-28)35(32,33)20-11-9-19(27)10-12-20/h4-14H,1-3H3/b21-14-. The first kappa shape index (κ1) is 24.4. The Bertz CT molecular complexity index is 1700. The molecule has 0 radical (unpaired) electrons. The summed E-state index contributed by atoms with van der Waals surface area (Å²) in [6, 6.07) is 16.6. The number of halogens is 1. The molecule has 9 heteroatoms. The first-order valence-corrected chi connectivity index (χ1v) is 12.8. The van der Waals surface area contributed by atoms with Crippen LogP contribution in [0.2, 0.25) is 0 Å². The third-order valence-electron chi connectivity index (χ3n) is 5.61. The van der Waals surface area contributed by atoms with Crippen molar-refractivity contribution in [2.45, 2.75) is 25.7 Å². The Balaban J connectivity index is 1.98. The number of aryl methyl sites for hydroxylation is 2. The third kappa shape index (κ3) is 4.63. The Morgan fingerprint density at radius 1 is 1.06 bits per heavy atom. The Labute approximate surface area is 211 Å².